The van der Waals surface area contributed by atoms with Gasteiger partial charge in [0, 0.05) is 0 Å². The average Bonchev–Trinajstić information content (AvgIpc) is 3.11. The Morgan fingerprint density at radius 1 is 0.680 bits per heavy atom. The van der Waals surface area contributed by atoms with Crippen LogP contribution in [0, 0.1) is 0 Å². The fourth-order valence-electron chi connectivity index (χ4n) is 6.37. The molecule has 1 fully saturated rings. The van der Waals surface area contributed by atoms with Crippen LogP contribution >= 0.6 is 0 Å². The number of hydrogen-bond acceptors (Lipinski definition) is 10. The van der Waals surface area contributed by atoms with Gasteiger partial charge in [0.25, 0.3) is 0 Å². The Balaban J connectivity index is 2.46. The predicted molar refractivity (Wildman–Crippen MR) is 196 cm³/mol. The molecule has 0 spiro atoms. The van der Waals surface area contributed by atoms with E-state index in [0.717, 1.165) is 64.2 Å². The molecular weight excluding hydrogens is 642 g/mol. The number of hydrogen-bond donors (Lipinski definition) is 8. The minimum Gasteiger partial charge on any atom is -0.394 e. The van der Waals surface area contributed by atoms with Crippen LogP contribution in [0.5, 0.6) is 0 Å². The monoisotopic (exact) mass is 718 g/mol. The Kier molecular flexibility index (Phi) is 28.4. The van der Waals surface area contributed by atoms with Crippen molar-refractivity contribution in [1.82, 2.24) is 5.32 Å². The van der Waals surface area contributed by atoms with Crippen molar-refractivity contribution in [2.45, 2.75) is 217 Å². The Morgan fingerprint density at radius 3 is 1.68 bits per heavy atom. The standard InChI is InChI=1S/C39H75NO10/c1-3-5-7-9-11-12-13-14-15-16-17-18-19-20-21-23-25-27-32(43)38(48)40-30(34(44)31(42)26-24-22-10-8-6-4-2)29-49-39-37(47)36(46)35(45)33(28-41)50-39/h17-18,30-37,39,41-47H,3-16,19-29H2,1-2H3,(H,40,48)/b18-17-. The van der Waals surface area contributed by atoms with Gasteiger partial charge in [-0.1, -0.05) is 135 Å². The van der Waals surface area contributed by atoms with Gasteiger partial charge in [-0.3, -0.25) is 4.79 Å². The quantitative estimate of drug-likeness (QED) is 0.0350. The molecule has 0 aromatic rings. The maximum absolute atomic E-state index is 12.9. The van der Waals surface area contributed by atoms with Crippen LogP contribution in [0.1, 0.15) is 162 Å². The SMILES string of the molecule is CCCCCCCCCCC/C=C\CCCCCCC(O)C(=O)NC(COC1OC(CO)C(O)C(O)C1O)C(O)C(O)CCCCCCCC. The summed E-state index contributed by atoms with van der Waals surface area (Å²) in [7, 11) is 0. The highest BCUT2D eigenvalue weighted by molar-refractivity contribution is 5.80. The van der Waals surface area contributed by atoms with Gasteiger partial charge in [-0.25, -0.2) is 0 Å². The molecule has 50 heavy (non-hydrogen) atoms. The number of unbranched alkanes of at least 4 members (excludes halogenated alkanes) is 18. The maximum Gasteiger partial charge on any atom is 0.249 e. The predicted octanol–water partition coefficient (Wildman–Crippen LogP) is 4.94. The molecule has 0 radical (unpaired) electrons. The highest BCUT2D eigenvalue weighted by atomic mass is 16.7. The maximum atomic E-state index is 12.9. The fourth-order valence-corrected chi connectivity index (χ4v) is 6.37. The molecule has 0 saturated carbocycles. The van der Waals surface area contributed by atoms with Crippen LogP contribution in [-0.2, 0) is 14.3 Å². The van der Waals surface area contributed by atoms with E-state index < -0.39 is 74.2 Å². The molecule has 1 aliphatic rings. The second kappa shape index (κ2) is 30.3. The van der Waals surface area contributed by atoms with Crippen molar-refractivity contribution in [3.05, 3.63) is 12.2 Å². The van der Waals surface area contributed by atoms with Crippen molar-refractivity contribution in [2.75, 3.05) is 13.2 Å². The number of aliphatic hydroxyl groups is 7. The molecule has 11 nitrogen and oxygen atoms in total. The summed E-state index contributed by atoms with van der Waals surface area (Å²) in [6.45, 7) is 3.33. The zero-order valence-electron chi connectivity index (χ0n) is 31.4. The minimum atomic E-state index is -1.66. The molecule has 8 N–H and O–H groups in total. The molecule has 1 aliphatic heterocycles. The average molecular weight is 718 g/mol. The molecule has 296 valence electrons. The number of ether oxygens (including phenoxy) is 2. The molecule has 9 unspecified atom stereocenters. The van der Waals surface area contributed by atoms with Gasteiger partial charge in [-0.05, 0) is 38.5 Å². The lowest BCUT2D eigenvalue weighted by Crippen LogP contribution is -2.60. The largest absolute Gasteiger partial charge is 0.394 e. The molecule has 11 heteroatoms. The van der Waals surface area contributed by atoms with E-state index >= 15 is 0 Å². The van der Waals surface area contributed by atoms with E-state index in [9.17, 15) is 40.5 Å². The minimum absolute atomic E-state index is 0.247. The first-order valence-corrected chi connectivity index (χ1v) is 20.1. The molecule has 0 bridgehead atoms. The Morgan fingerprint density at radius 2 is 1.16 bits per heavy atom. The number of allylic oxidation sites excluding steroid dienone is 2. The van der Waals surface area contributed by atoms with Crippen molar-refractivity contribution in [1.29, 1.82) is 0 Å². The van der Waals surface area contributed by atoms with Crippen LogP contribution in [0.15, 0.2) is 12.2 Å². The van der Waals surface area contributed by atoms with Crippen LogP contribution in [0.3, 0.4) is 0 Å². The zero-order valence-corrected chi connectivity index (χ0v) is 31.4. The summed E-state index contributed by atoms with van der Waals surface area (Å²) in [5, 5.41) is 74.9. The number of amides is 1. The van der Waals surface area contributed by atoms with Crippen molar-refractivity contribution in [2.24, 2.45) is 0 Å². The Hall–Kier alpha value is -1.15. The number of aliphatic hydroxyl groups excluding tert-OH is 7. The van der Waals surface area contributed by atoms with E-state index in [0.29, 0.717) is 19.3 Å². The zero-order chi connectivity index (χ0) is 37.0. The molecule has 1 amide bonds. The van der Waals surface area contributed by atoms with Gasteiger partial charge in [-0.2, -0.15) is 0 Å². The molecule has 0 aromatic carbocycles. The normalized spacial score (nSPS) is 23.6. The first kappa shape index (κ1) is 46.9. The van der Waals surface area contributed by atoms with Gasteiger partial charge in [0.1, 0.15) is 36.6 Å². The summed E-state index contributed by atoms with van der Waals surface area (Å²) in [6, 6.07) is -1.16. The molecule has 1 rings (SSSR count). The van der Waals surface area contributed by atoms with Crippen molar-refractivity contribution >= 4 is 5.91 Å². The molecule has 1 saturated heterocycles. The highest BCUT2D eigenvalue weighted by Crippen LogP contribution is 2.23. The third-order valence-corrected chi connectivity index (χ3v) is 9.82. The second-order valence-corrected chi connectivity index (χ2v) is 14.4. The van der Waals surface area contributed by atoms with Gasteiger partial charge < -0.3 is 50.5 Å². The van der Waals surface area contributed by atoms with Crippen LogP contribution < -0.4 is 5.32 Å². The number of nitrogens with one attached hydrogen (secondary N) is 1. The van der Waals surface area contributed by atoms with Crippen molar-refractivity contribution in [3.63, 3.8) is 0 Å². The highest BCUT2D eigenvalue weighted by Gasteiger charge is 2.44. The van der Waals surface area contributed by atoms with E-state index in [1.54, 1.807) is 0 Å². The summed E-state index contributed by atoms with van der Waals surface area (Å²) in [5.41, 5.74) is 0. The summed E-state index contributed by atoms with van der Waals surface area (Å²) in [5.74, 6) is -0.711. The molecular formula is C39H75NO10. The lowest BCUT2D eigenvalue weighted by Gasteiger charge is -2.40. The topological polar surface area (TPSA) is 189 Å². The van der Waals surface area contributed by atoms with E-state index in [-0.39, 0.29) is 6.42 Å². The number of carbonyl (C=O) groups excluding carboxylic acids is 1. The Bertz CT molecular complexity index is 831. The fraction of sp³-hybridized carbons (Fsp3) is 0.923. The van der Waals surface area contributed by atoms with Gasteiger partial charge in [0.2, 0.25) is 5.91 Å². The van der Waals surface area contributed by atoms with E-state index in [1.807, 2.05) is 0 Å². The first-order chi connectivity index (χ1) is 24.2. The Labute approximate surface area is 302 Å². The van der Waals surface area contributed by atoms with Gasteiger partial charge in [0.05, 0.1) is 25.4 Å². The van der Waals surface area contributed by atoms with E-state index in [2.05, 4.69) is 31.3 Å². The lowest BCUT2D eigenvalue weighted by molar-refractivity contribution is -0.303. The summed E-state index contributed by atoms with van der Waals surface area (Å²) in [6.07, 6.45) is 17.4. The van der Waals surface area contributed by atoms with Crippen molar-refractivity contribution < 1.29 is 50.0 Å². The number of carbonyl (C=O) groups is 1. The van der Waals surface area contributed by atoms with E-state index in [1.165, 1.54) is 57.8 Å². The third kappa shape index (κ3) is 20.8. The summed E-state index contributed by atoms with van der Waals surface area (Å²) in [4.78, 5) is 12.9. The summed E-state index contributed by atoms with van der Waals surface area (Å²) < 4.78 is 11.0. The van der Waals surface area contributed by atoms with Crippen LogP contribution in [0.25, 0.3) is 0 Å². The summed E-state index contributed by atoms with van der Waals surface area (Å²) >= 11 is 0. The third-order valence-electron chi connectivity index (χ3n) is 9.82. The molecule has 0 aromatic heterocycles. The smallest absolute Gasteiger partial charge is 0.249 e. The molecule has 0 aliphatic carbocycles. The van der Waals surface area contributed by atoms with Crippen LogP contribution in [0.4, 0.5) is 0 Å². The van der Waals surface area contributed by atoms with Crippen molar-refractivity contribution in [3.8, 4) is 0 Å². The number of rotatable bonds is 32. The molecule has 9 atom stereocenters. The van der Waals surface area contributed by atoms with Crippen LogP contribution in [0.2, 0.25) is 0 Å². The van der Waals surface area contributed by atoms with E-state index in [4.69, 9.17) is 9.47 Å². The van der Waals surface area contributed by atoms with Crippen LogP contribution in [-0.4, -0.2) is 110 Å². The van der Waals surface area contributed by atoms with Gasteiger partial charge >= 0.3 is 0 Å². The second-order valence-electron chi connectivity index (χ2n) is 14.4. The lowest BCUT2D eigenvalue weighted by atomic mass is 9.98. The van der Waals surface area contributed by atoms with Gasteiger partial charge in [0.15, 0.2) is 6.29 Å². The first-order valence-electron chi connectivity index (χ1n) is 20.1. The van der Waals surface area contributed by atoms with Gasteiger partial charge in [-0.15, -0.1) is 0 Å². The molecule has 1 heterocycles.